The van der Waals surface area contributed by atoms with Crippen LogP contribution >= 0.6 is 0 Å². The van der Waals surface area contributed by atoms with Crippen LogP contribution in [0.4, 0.5) is 5.69 Å². The van der Waals surface area contributed by atoms with Gasteiger partial charge in [-0.15, -0.1) is 0 Å². The van der Waals surface area contributed by atoms with E-state index in [1.54, 1.807) is 6.07 Å². The summed E-state index contributed by atoms with van der Waals surface area (Å²) in [6, 6.07) is 23.0. The number of fused-ring (bicyclic) bond motifs is 1. The number of aromatic nitrogens is 1. The summed E-state index contributed by atoms with van der Waals surface area (Å²) < 4.78 is 11.4. The normalized spacial score (nSPS) is 10.8. The Balaban J connectivity index is 1.52. The van der Waals surface area contributed by atoms with Crippen LogP contribution in [-0.2, 0) is 0 Å². The molecule has 0 spiro atoms. The minimum Gasteiger partial charge on any atom is -0.493 e. The monoisotopic (exact) mass is 400 g/mol. The van der Waals surface area contributed by atoms with E-state index in [1.165, 1.54) is 0 Å². The van der Waals surface area contributed by atoms with Crippen LogP contribution in [-0.4, -0.2) is 17.7 Å². The Hall–Kier alpha value is -3.60. The van der Waals surface area contributed by atoms with E-state index in [2.05, 4.69) is 17.4 Å². The largest absolute Gasteiger partial charge is 0.493 e. The maximum absolute atomic E-state index is 12.8. The van der Waals surface area contributed by atoms with E-state index in [-0.39, 0.29) is 11.6 Å². The van der Waals surface area contributed by atoms with Gasteiger partial charge in [0.2, 0.25) is 0 Å². The highest BCUT2D eigenvalue weighted by Gasteiger charge is 2.17. The van der Waals surface area contributed by atoms with Crippen LogP contribution in [0.15, 0.2) is 77.3 Å². The molecule has 1 aromatic heterocycles. The second-order valence-electron chi connectivity index (χ2n) is 7.11. The molecule has 1 heterocycles. The topological polar surface area (TPSA) is 64.4 Å². The Kier molecular flexibility index (Phi) is 6.09. The first-order chi connectivity index (χ1) is 14.8. The molecule has 3 aromatic carbocycles. The predicted octanol–water partition coefficient (Wildman–Crippen LogP) is 6.32. The number of nitrogens with zero attached hydrogens (tertiary/aromatic N) is 1. The van der Waals surface area contributed by atoms with E-state index in [0.717, 1.165) is 47.0 Å². The second kappa shape index (κ2) is 9.27. The first kappa shape index (κ1) is 19.7. The van der Waals surface area contributed by atoms with Gasteiger partial charge in [0.15, 0.2) is 11.5 Å². The van der Waals surface area contributed by atoms with Gasteiger partial charge in [-0.25, -0.2) is 0 Å². The minimum atomic E-state index is -0.317. The van der Waals surface area contributed by atoms with Gasteiger partial charge in [-0.05, 0) is 30.0 Å². The molecule has 5 nitrogen and oxygen atoms in total. The summed E-state index contributed by atoms with van der Waals surface area (Å²) in [6.45, 7) is 2.81. The zero-order valence-corrected chi connectivity index (χ0v) is 16.9. The van der Waals surface area contributed by atoms with E-state index in [9.17, 15) is 4.79 Å². The molecule has 152 valence electrons. The van der Waals surface area contributed by atoms with Crippen molar-refractivity contribution < 1.29 is 14.1 Å². The third-order valence-electron chi connectivity index (χ3n) is 4.94. The highest BCUT2D eigenvalue weighted by molar-refractivity contribution is 6.08. The molecule has 0 aliphatic carbocycles. The number of benzene rings is 3. The van der Waals surface area contributed by atoms with Gasteiger partial charge in [0, 0.05) is 17.1 Å². The Bertz CT molecular complexity index is 1140. The molecule has 5 heteroatoms. The highest BCUT2D eigenvalue weighted by atomic mass is 16.5. The van der Waals surface area contributed by atoms with Crippen LogP contribution in [0, 0.1) is 0 Å². The van der Waals surface area contributed by atoms with Crippen molar-refractivity contribution in [3.63, 3.8) is 0 Å². The number of ether oxygens (including phenoxy) is 1. The molecular weight excluding hydrogens is 376 g/mol. The number of para-hydroxylation sites is 1. The highest BCUT2D eigenvalue weighted by Crippen LogP contribution is 2.31. The Morgan fingerprint density at radius 3 is 2.70 bits per heavy atom. The number of carbonyl (C=O) groups is 1. The summed E-state index contributed by atoms with van der Waals surface area (Å²) in [4.78, 5) is 12.8. The zero-order chi connectivity index (χ0) is 20.8. The van der Waals surface area contributed by atoms with Crippen LogP contribution in [0.2, 0.25) is 0 Å². The molecule has 0 atom stereocenters. The molecule has 1 amide bonds. The van der Waals surface area contributed by atoms with Gasteiger partial charge in [0.1, 0.15) is 5.75 Å². The molecule has 4 rings (SSSR count). The number of hydrogen-bond donors (Lipinski definition) is 1. The van der Waals surface area contributed by atoms with Crippen LogP contribution in [0.3, 0.4) is 0 Å². The predicted molar refractivity (Wildman–Crippen MR) is 119 cm³/mol. The molecule has 0 aliphatic rings. The molecule has 4 aromatic rings. The van der Waals surface area contributed by atoms with Crippen LogP contribution in [0.25, 0.3) is 22.1 Å². The van der Waals surface area contributed by atoms with Crippen LogP contribution in [0.5, 0.6) is 5.75 Å². The van der Waals surface area contributed by atoms with Gasteiger partial charge in [-0.1, -0.05) is 73.5 Å². The van der Waals surface area contributed by atoms with Gasteiger partial charge in [-0.3, -0.25) is 4.79 Å². The smallest absolute Gasteiger partial charge is 0.277 e. The Labute approximate surface area is 175 Å². The minimum absolute atomic E-state index is 0.221. The van der Waals surface area contributed by atoms with E-state index in [4.69, 9.17) is 9.26 Å². The van der Waals surface area contributed by atoms with Gasteiger partial charge in [-0.2, -0.15) is 0 Å². The van der Waals surface area contributed by atoms with E-state index in [0.29, 0.717) is 12.4 Å². The lowest BCUT2D eigenvalue weighted by atomic mass is 10.1. The molecular formula is C25H24N2O3. The maximum Gasteiger partial charge on any atom is 0.277 e. The van der Waals surface area contributed by atoms with Gasteiger partial charge >= 0.3 is 0 Å². The molecule has 0 unspecified atom stereocenters. The summed E-state index contributed by atoms with van der Waals surface area (Å²) in [5, 5.41) is 8.95. The van der Waals surface area contributed by atoms with Crippen molar-refractivity contribution >= 4 is 22.4 Å². The molecule has 0 saturated carbocycles. The molecule has 0 fully saturated rings. The number of rotatable bonds is 8. The van der Waals surface area contributed by atoms with Crippen LogP contribution < -0.4 is 10.1 Å². The number of nitrogens with one attached hydrogen (secondary N) is 1. The molecule has 1 N–H and O–H groups in total. The molecule has 0 saturated heterocycles. The van der Waals surface area contributed by atoms with Gasteiger partial charge in [0.05, 0.1) is 12.2 Å². The first-order valence-electron chi connectivity index (χ1n) is 10.2. The average molecular weight is 400 g/mol. The van der Waals surface area contributed by atoms with Crippen molar-refractivity contribution in [3.05, 3.63) is 78.5 Å². The summed E-state index contributed by atoms with van der Waals surface area (Å²) in [7, 11) is 0. The zero-order valence-electron chi connectivity index (χ0n) is 16.9. The third kappa shape index (κ3) is 4.35. The average Bonchev–Trinajstić information content (AvgIpc) is 3.28. The molecule has 30 heavy (non-hydrogen) atoms. The van der Waals surface area contributed by atoms with Crippen molar-refractivity contribution in [1.29, 1.82) is 0 Å². The number of anilines is 1. The lowest BCUT2D eigenvalue weighted by Gasteiger charge is -2.09. The fraction of sp³-hybridized carbons (Fsp3) is 0.200. The summed E-state index contributed by atoms with van der Waals surface area (Å²) >= 11 is 0. The lowest BCUT2D eigenvalue weighted by Crippen LogP contribution is -2.12. The summed E-state index contributed by atoms with van der Waals surface area (Å²) in [6.07, 6.45) is 3.27. The summed E-state index contributed by atoms with van der Waals surface area (Å²) in [5.41, 5.74) is 1.74. The van der Waals surface area contributed by atoms with Gasteiger partial charge < -0.3 is 14.6 Å². The number of amides is 1. The van der Waals surface area contributed by atoms with Crippen molar-refractivity contribution in [2.45, 2.75) is 26.2 Å². The van der Waals surface area contributed by atoms with Crippen molar-refractivity contribution in [1.82, 2.24) is 5.16 Å². The number of unbranched alkanes of at least 4 members (excludes halogenated alkanes) is 2. The van der Waals surface area contributed by atoms with Crippen molar-refractivity contribution in [3.8, 4) is 17.1 Å². The van der Waals surface area contributed by atoms with E-state index >= 15 is 0 Å². The molecule has 0 bridgehead atoms. The Morgan fingerprint density at radius 2 is 1.80 bits per heavy atom. The molecule has 0 radical (unpaired) electrons. The Morgan fingerprint density at radius 1 is 1.00 bits per heavy atom. The van der Waals surface area contributed by atoms with Gasteiger partial charge in [0.25, 0.3) is 5.91 Å². The fourth-order valence-corrected chi connectivity index (χ4v) is 3.36. The second-order valence-corrected chi connectivity index (χ2v) is 7.11. The van der Waals surface area contributed by atoms with Crippen LogP contribution in [0.1, 0.15) is 36.7 Å². The fourth-order valence-electron chi connectivity index (χ4n) is 3.36. The van der Waals surface area contributed by atoms with Crippen molar-refractivity contribution in [2.75, 3.05) is 11.9 Å². The van der Waals surface area contributed by atoms with Crippen molar-refractivity contribution in [2.24, 2.45) is 0 Å². The quantitative estimate of drug-likeness (QED) is 0.352. The lowest BCUT2D eigenvalue weighted by molar-refractivity contribution is 0.101. The third-order valence-corrected chi connectivity index (χ3v) is 4.94. The first-order valence-corrected chi connectivity index (χ1v) is 10.2. The number of carbonyl (C=O) groups excluding carboxylic acids is 1. The van der Waals surface area contributed by atoms with E-state index < -0.39 is 0 Å². The standard InChI is InChI=1S/C25H24N2O3/c1-2-3-8-16-29-23-15-7-6-13-20(23)24-17-22(27-30-24)25(28)26-21-14-9-11-18-10-4-5-12-19(18)21/h4-7,9-15,17H,2-3,8,16H2,1H3,(H,26,28). The number of hydrogen-bond acceptors (Lipinski definition) is 4. The summed E-state index contributed by atoms with van der Waals surface area (Å²) in [5.74, 6) is 0.914. The SMILES string of the molecule is CCCCCOc1ccccc1-c1cc(C(=O)Nc2cccc3ccccc23)no1. The van der Waals surface area contributed by atoms with E-state index in [1.807, 2.05) is 66.7 Å². The maximum atomic E-state index is 12.8. The molecule has 0 aliphatic heterocycles.